The highest BCUT2D eigenvalue weighted by Gasteiger charge is 2.50. The molecule has 6 rings (SSSR count). The standard InChI is InChI=1S/C33H36F2N4O5/c34-33(35)18-24(19-33)39(29-3-1-2-11-36-29)32(43)26-7-6-25(40)16-28(26)38-13-9-21(10-14-38)20-44-30-15-23(8-12-37-30)27(17-31(41)42)22-4-5-22/h1-3,6-8,11-12,15-16,21-22,24,27,40H,4-5,9-10,13-14,17-20H2,(H,41,42). The quantitative estimate of drug-likeness (QED) is 0.278. The molecule has 11 heteroatoms. The number of hydrogen-bond donors (Lipinski definition) is 2. The van der Waals surface area contributed by atoms with E-state index in [4.69, 9.17) is 4.74 Å². The van der Waals surface area contributed by atoms with Gasteiger partial charge in [0, 0.05) is 50.5 Å². The number of aromatic hydroxyl groups is 1. The first-order valence-corrected chi connectivity index (χ1v) is 15.2. The summed E-state index contributed by atoms with van der Waals surface area (Å²) in [5.74, 6) is -2.64. The van der Waals surface area contributed by atoms with Crippen LogP contribution in [0.3, 0.4) is 0 Å². The van der Waals surface area contributed by atoms with Crippen LogP contribution in [0.15, 0.2) is 60.9 Å². The summed E-state index contributed by atoms with van der Waals surface area (Å²) < 4.78 is 33.8. The number of benzene rings is 1. The van der Waals surface area contributed by atoms with Crippen molar-refractivity contribution in [1.82, 2.24) is 9.97 Å². The molecule has 1 atom stereocenters. The van der Waals surface area contributed by atoms with Crippen LogP contribution >= 0.6 is 0 Å². The van der Waals surface area contributed by atoms with Crippen LogP contribution in [0.1, 0.15) is 66.8 Å². The molecule has 1 aromatic carbocycles. The van der Waals surface area contributed by atoms with E-state index in [2.05, 4.69) is 9.97 Å². The van der Waals surface area contributed by atoms with Gasteiger partial charge in [-0.25, -0.2) is 18.7 Å². The average molecular weight is 607 g/mol. The number of phenols is 1. The molecule has 1 saturated heterocycles. The summed E-state index contributed by atoms with van der Waals surface area (Å²) in [6, 6.07) is 12.7. The minimum Gasteiger partial charge on any atom is -0.508 e. The first-order valence-electron chi connectivity index (χ1n) is 15.2. The number of carboxylic acid groups (broad SMARTS) is 1. The lowest BCUT2D eigenvalue weighted by Gasteiger charge is -2.42. The highest BCUT2D eigenvalue weighted by molar-refractivity contribution is 6.10. The van der Waals surface area contributed by atoms with Crippen LogP contribution in [0.2, 0.25) is 0 Å². The third-order valence-corrected chi connectivity index (χ3v) is 8.96. The van der Waals surface area contributed by atoms with Crippen molar-refractivity contribution in [2.45, 2.75) is 62.8 Å². The number of hydrogen-bond acceptors (Lipinski definition) is 7. The van der Waals surface area contributed by atoms with Gasteiger partial charge in [-0.15, -0.1) is 0 Å². The maximum absolute atomic E-state index is 13.9. The topological polar surface area (TPSA) is 116 Å². The number of ether oxygens (including phenoxy) is 1. The molecule has 1 aliphatic heterocycles. The Kier molecular flexibility index (Phi) is 8.38. The molecule has 9 nitrogen and oxygen atoms in total. The number of pyridine rings is 2. The molecule has 44 heavy (non-hydrogen) atoms. The molecule has 232 valence electrons. The summed E-state index contributed by atoms with van der Waals surface area (Å²) in [4.78, 5) is 37.4. The van der Waals surface area contributed by atoms with Crippen molar-refractivity contribution in [2.75, 3.05) is 29.5 Å². The maximum atomic E-state index is 13.9. The number of halogens is 2. The second kappa shape index (κ2) is 12.4. The minimum absolute atomic E-state index is 0.0138. The van der Waals surface area contributed by atoms with Gasteiger partial charge in [0.2, 0.25) is 5.88 Å². The lowest BCUT2D eigenvalue weighted by Crippen LogP contribution is -2.53. The Balaban J connectivity index is 1.12. The first-order chi connectivity index (χ1) is 21.2. The molecule has 2 saturated carbocycles. The molecule has 0 spiro atoms. The van der Waals surface area contributed by atoms with E-state index in [0.29, 0.717) is 48.6 Å². The Morgan fingerprint density at radius 1 is 1.02 bits per heavy atom. The van der Waals surface area contributed by atoms with E-state index in [-0.39, 0.29) is 24.0 Å². The molecular formula is C33H36F2N4O5. The first kappa shape index (κ1) is 29.8. The molecular weight excluding hydrogens is 570 g/mol. The van der Waals surface area contributed by atoms with Crippen molar-refractivity contribution >= 4 is 23.4 Å². The Morgan fingerprint density at radius 2 is 1.80 bits per heavy atom. The maximum Gasteiger partial charge on any atom is 0.303 e. The molecule has 2 aliphatic carbocycles. The van der Waals surface area contributed by atoms with Gasteiger partial charge in [-0.3, -0.25) is 14.5 Å². The van der Waals surface area contributed by atoms with Crippen LogP contribution in [-0.2, 0) is 4.79 Å². The summed E-state index contributed by atoms with van der Waals surface area (Å²) in [6.07, 6.45) is 6.07. The molecule has 3 aliphatic rings. The molecule has 0 bridgehead atoms. The highest BCUT2D eigenvalue weighted by Crippen LogP contribution is 2.45. The third-order valence-electron chi connectivity index (χ3n) is 8.96. The van der Waals surface area contributed by atoms with Crippen molar-refractivity contribution in [3.63, 3.8) is 0 Å². The summed E-state index contributed by atoms with van der Waals surface area (Å²) in [5.41, 5.74) is 1.83. The smallest absolute Gasteiger partial charge is 0.303 e. The summed E-state index contributed by atoms with van der Waals surface area (Å²) in [6.45, 7) is 1.67. The van der Waals surface area contributed by atoms with Crippen molar-refractivity contribution in [1.29, 1.82) is 0 Å². The van der Waals surface area contributed by atoms with Gasteiger partial charge in [-0.1, -0.05) is 6.07 Å². The number of alkyl halides is 2. The number of anilines is 2. The average Bonchev–Trinajstić information content (AvgIpc) is 3.84. The van der Waals surface area contributed by atoms with Gasteiger partial charge < -0.3 is 19.8 Å². The number of carboxylic acids is 1. The summed E-state index contributed by atoms with van der Waals surface area (Å²) in [5, 5.41) is 19.7. The number of piperidine rings is 1. The van der Waals surface area contributed by atoms with E-state index in [0.717, 1.165) is 31.2 Å². The predicted molar refractivity (Wildman–Crippen MR) is 160 cm³/mol. The van der Waals surface area contributed by atoms with Gasteiger partial charge in [0.25, 0.3) is 11.8 Å². The number of carbonyl (C=O) groups excluding carboxylic acids is 1. The monoisotopic (exact) mass is 606 g/mol. The zero-order valence-corrected chi connectivity index (χ0v) is 24.3. The normalized spacial score (nSPS) is 19.2. The van der Waals surface area contributed by atoms with Crippen LogP contribution in [0.4, 0.5) is 20.3 Å². The van der Waals surface area contributed by atoms with E-state index in [9.17, 15) is 28.6 Å². The van der Waals surface area contributed by atoms with Gasteiger partial charge in [0.1, 0.15) is 11.6 Å². The summed E-state index contributed by atoms with van der Waals surface area (Å²) in [7, 11) is 0. The van der Waals surface area contributed by atoms with Gasteiger partial charge in [-0.05, 0) is 79.3 Å². The van der Waals surface area contributed by atoms with Crippen LogP contribution in [0, 0.1) is 11.8 Å². The van der Waals surface area contributed by atoms with Crippen molar-refractivity contribution in [2.24, 2.45) is 11.8 Å². The highest BCUT2D eigenvalue weighted by atomic mass is 19.3. The Hall–Kier alpha value is -4.28. The van der Waals surface area contributed by atoms with Crippen LogP contribution < -0.4 is 14.5 Å². The fourth-order valence-corrected chi connectivity index (χ4v) is 6.38. The predicted octanol–water partition coefficient (Wildman–Crippen LogP) is 5.89. The largest absolute Gasteiger partial charge is 0.508 e. The minimum atomic E-state index is -2.81. The zero-order chi connectivity index (χ0) is 30.8. The third kappa shape index (κ3) is 6.76. The van der Waals surface area contributed by atoms with E-state index < -0.39 is 36.7 Å². The molecule has 0 radical (unpaired) electrons. The number of aliphatic carboxylic acids is 1. The van der Waals surface area contributed by atoms with Crippen molar-refractivity contribution in [3.8, 4) is 11.6 Å². The second-order valence-electron chi connectivity index (χ2n) is 12.2. The lowest BCUT2D eigenvalue weighted by atomic mass is 9.86. The Morgan fingerprint density at radius 3 is 2.45 bits per heavy atom. The van der Waals surface area contributed by atoms with Crippen LogP contribution in [0.5, 0.6) is 11.6 Å². The number of carbonyl (C=O) groups is 2. The number of rotatable bonds is 11. The molecule has 1 unspecified atom stereocenters. The number of phenolic OH excluding ortho intramolecular Hbond substituents is 1. The molecule has 1 amide bonds. The Bertz CT molecular complexity index is 1490. The van der Waals surface area contributed by atoms with Crippen LogP contribution in [-0.4, -0.2) is 63.7 Å². The second-order valence-corrected chi connectivity index (χ2v) is 12.2. The molecule has 3 heterocycles. The molecule has 3 aromatic rings. The van der Waals surface area contributed by atoms with E-state index in [1.54, 1.807) is 36.5 Å². The fourth-order valence-electron chi connectivity index (χ4n) is 6.38. The molecule has 2 N–H and O–H groups in total. The van der Waals surface area contributed by atoms with Gasteiger partial charge in [0.15, 0.2) is 0 Å². The van der Waals surface area contributed by atoms with E-state index in [1.165, 1.54) is 17.2 Å². The molecule has 3 fully saturated rings. The van der Waals surface area contributed by atoms with Gasteiger partial charge in [0.05, 0.1) is 30.3 Å². The fraction of sp³-hybridized carbons (Fsp3) is 0.455. The molecule has 2 aromatic heterocycles. The van der Waals surface area contributed by atoms with Gasteiger partial charge >= 0.3 is 5.97 Å². The Labute approximate surface area is 254 Å². The SMILES string of the molecule is O=C(O)CC(c1ccnc(OCC2CCN(c3cc(O)ccc3C(=O)N(c3ccccn3)C3CC(F)(F)C3)CC2)c1)C1CC1. The van der Waals surface area contributed by atoms with E-state index in [1.807, 2.05) is 17.0 Å². The van der Waals surface area contributed by atoms with Crippen molar-refractivity contribution in [3.05, 3.63) is 72.1 Å². The van der Waals surface area contributed by atoms with E-state index >= 15 is 0 Å². The number of nitrogens with zero attached hydrogens (tertiary/aromatic N) is 4. The van der Waals surface area contributed by atoms with Gasteiger partial charge in [-0.2, -0.15) is 0 Å². The van der Waals surface area contributed by atoms with Crippen LogP contribution in [0.25, 0.3) is 0 Å². The van der Waals surface area contributed by atoms with Crippen molar-refractivity contribution < 1.29 is 33.3 Å². The lowest BCUT2D eigenvalue weighted by molar-refractivity contribution is -0.137. The number of amides is 1. The number of aromatic nitrogens is 2. The summed E-state index contributed by atoms with van der Waals surface area (Å²) >= 11 is 0. The zero-order valence-electron chi connectivity index (χ0n) is 24.3.